The highest BCUT2D eigenvalue weighted by Gasteiger charge is 2.17. The lowest BCUT2D eigenvalue weighted by Crippen LogP contribution is -2.32. The van der Waals surface area contributed by atoms with Gasteiger partial charge in [-0.25, -0.2) is 4.68 Å². The smallest absolute Gasteiger partial charge is 0.223 e. The Kier molecular flexibility index (Phi) is 4.68. The highest BCUT2D eigenvalue weighted by molar-refractivity contribution is 5.78. The Labute approximate surface area is 130 Å². The summed E-state index contributed by atoms with van der Waals surface area (Å²) in [7, 11) is 0. The fourth-order valence-corrected chi connectivity index (χ4v) is 2.72. The molecule has 0 bridgehead atoms. The minimum absolute atomic E-state index is 0.150. The van der Waals surface area contributed by atoms with Crippen molar-refractivity contribution in [3.8, 4) is 5.69 Å². The lowest BCUT2D eigenvalue weighted by molar-refractivity contribution is -0.125. The second kappa shape index (κ2) is 7.07. The summed E-state index contributed by atoms with van der Waals surface area (Å²) in [5.74, 6) is 0.330. The SMILES string of the molecule is O=C(NCCc1cnn(-c2ccccc2)c1)C1CC=CCC1. The van der Waals surface area contributed by atoms with Gasteiger partial charge in [0.2, 0.25) is 5.91 Å². The zero-order valence-electron chi connectivity index (χ0n) is 12.6. The summed E-state index contributed by atoms with van der Waals surface area (Å²) in [6.07, 6.45) is 11.8. The van der Waals surface area contributed by atoms with E-state index >= 15 is 0 Å². The third-order valence-corrected chi connectivity index (χ3v) is 4.01. The standard InChI is InChI=1S/C18H21N3O/c22-18(16-7-3-1-4-8-16)19-12-11-15-13-20-21(14-15)17-9-5-2-6-10-17/h1-3,5-6,9-10,13-14,16H,4,7-8,11-12H2,(H,19,22). The van der Waals surface area contributed by atoms with Gasteiger partial charge in [0.05, 0.1) is 11.9 Å². The van der Waals surface area contributed by atoms with Crippen molar-refractivity contribution in [1.82, 2.24) is 15.1 Å². The second-order valence-electron chi connectivity index (χ2n) is 5.65. The van der Waals surface area contributed by atoms with Crippen LogP contribution in [-0.2, 0) is 11.2 Å². The van der Waals surface area contributed by atoms with Crippen LogP contribution in [0.15, 0.2) is 54.9 Å². The molecule has 1 aromatic heterocycles. The second-order valence-corrected chi connectivity index (χ2v) is 5.65. The first-order valence-corrected chi connectivity index (χ1v) is 7.84. The molecule has 1 aliphatic carbocycles. The number of para-hydroxylation sites is 1. The summed E-state index contributed by atoms with van der Waals surface area (Å²) in [5.41, 5.74) is 2.18. The number of hydrogen-bond acceptors (Lipinski definition) is 2. The summed E-state index contributed by atoms with van der Waals surface area (Å²) < 4.78 is 1.86. The number of carbonyl (C=O) groups excluding carboxylic acids is 1. The molecule has 1 aromatic carbocycles. The van der Waals surface area contributed by atoms with Crippen LogP contribution in [0.2, 0.25) is 0 Å². The molecule has 0 saturated heterocycles. The quantitative estimate of drug-likeness (QED) is 0.862. The number of nitrogens with zero attached hydrogens (tertiary/aromatic N) is 2. The number of allylic oxidation sites excluding steroid dienone is 2. The van der Waals surface area contributed by atoms with Crippen molar-refractivity contribution in [2.75, 3.05) is 6.54 Å². The van der Waals surface area contributed by atoms with E-state index in [9.17, 15) is 4.79 Å². The fraction of sp³-hybridized carbons (Fsp3) is 0.333. The lowest BCUT2D eigenvalue weighted by atomic mass is 9.94. The van der Waals surface area contributed by atoms with Crippen molar-refractivity contribution >= 4 is 5.91 Å². The third kappa shape index (κ3) is 3.64. The van der Waals surface area contributed by atoms with Crippen LogP contribution in [0.5, 0.6) is 0 Å². The molecule has 1 amide bonds. The molecule has 1 unspecified atom stereocenters. The molecule has 22 heavy (non-hydrogen) atoms. The van der Waals surface area contributed by atoms with Gasteiger partial charge in [-0.2, -0.15) is 5.10 Å². The Morgan fingerprint density at radius 2 is 2.14 bits per heavy atom. The lowest BCUT2D eigenvalue weighted by Gasteiger charge is -2.16. The highest BCUT2D eigenvalue weighted by Crippen LogP contribution is 2.17. The van der Waals surface area contributed by atoms with Gasteiger partial charge in [0.25, 0.3) is 0 Å². The average molecular weight is 295 g/mol. The Morgan fingerprint density at radius 3 is 2.91 bits per heavy atom. The van der Waals surface area contributed by atoms with E-state index in [1.165, 1.54) is 0 Å². The summed E-state index contributed by atoms with van der Waals surface area (Å²) in [4.78, 5) is 12.0. The molecule has 2 aromatic rings. The van der Waals surface area contributed by atoms with Gasteiger partial charge in [0.1, 0.15) is 0 Å². The number of amides is 1. The topological polar surface area (TPSA) is 46.9 Å². The van der Waals surface area contributed by atoms with Gasteiger partial charge in [0.15, 0.2) is 0 Å². The molecule has 1 N–H and O–H groups in total. The highest BCUT2D eigenvalue weighted by atomic mass is 16.1. The van der Waals surface area contributed by atoms with Crippen LogP contribution in [0.25, 0.3) is 5.69 Å². The predicted molar refractivity (Wildman–Crippen MR) is 86.8 cm³/mol. The summed E-state index contributed by atoms with van der Waals surface area (Å²) in [5, 5.41) is 7.41. The van der Waals surface area contributed by atoms with E-state index in [1.54, 1.807) is 0 Å². The van der Waals surface area contributed by atoms with Crippen molar-refractivity contribution in [2.24, 2.45) is 5.92 Å². The van der Waals surface area contributed by atoms with Gasteiger partial charge in [-0.3, -0.25) is 4.79 Å². The molecular formula is C18H21N3O. The molecule has 0 saturated carbocycles. The van der Waals surface area contributed by atoms with Gasteiger partial charge < -0.3 is 5.32 Å². The van der Waals surface area contributed by atoms with Gasteiger partial charge >= 0.3 is 0 Å². The first kappa shape index (κ1) is 14.6. The minimum atomic E-state index is 0.150. The van der Waals surface area contributed by atoms with E-state index in [-0.39, 0.29) is 11.8 Å². The molecule has 0 spiro atoms. The minimum Gasteiger partial charge on any atom is -0.356 e. The molecule has 1 atom stereocenters. The zero-order chi connectivity index (χ0) is 15.2. The summed E-state index contributed by atoms with van der Waals surface area (Å²) in [6, 6.07) is 10.0. The largest absolute Gasteiger partial charge is 0.356 e. The average Bonchev–Trinajstić information content (AvgIpc) is 3.05. The Morgan fingerprint density at radius 1 is 1.27 bits per heavy atom. The number of carbonyl (C=O) groups is 1. The predicted octanol–water partition coefficient (Wildman–Crippen LogP) is 2.89. The third-order valence-electron chi connectivity index (χ3n) is 4.01. The molecule has 0 aliphatic heterocycles. The van der Waals surface area contributed by atoms with E-state index in [2.05, 4.69) is 22.6 Å². The maximum atomic E-state index is 12.0. The number of nitrogens with one attached hydrogen (secondary N) is 1. The number of aromatic nitrogens is 2. The van der Waals surface area contributed by atoms with E-state index < -0.39 is 0 Å². The molecular weight excluding hydrogens is 274 g/mol. The Hall–Kier alpha value is -2.36. The number of benzene rings is 1. The molecule has 4 heteroatoms. The molecule has 1 heterocycles. The van der Waals surface area contributed by atoms with Crippen molar-refractivity contribution in [3.63, 3.8) is 0 Å². The Bertz CT molecular complexity index is 645. The van der Waals surface area contributed by atoms with Crippen LogP contribution in [0.4, 0.5) is 0 Å². The molecule has 3 rings (SSSR count). The normalized spacial score (nSPS) is 17.4. The molecule has 0 radical (unpaired) electrons. The van der Waals surface area contributed by atoms with E-state index in [0.29, 0.717) is 6.54 Å². The number of rotatable bonds is 5. The van der Waals surface area contributed by atoms with Crippen LogP contribution in [0.1, 0.15) is 24.8 Å². The number of hydrogen-bond donors (Lipinski definition) is 1. The summed E-state index contributed by atoms with van der Waals surface area (Å²) in [6.45, 7) is 0.666. The zero-order valence-corrected chi connectivity index (χ0v) is 12.6. The van der Waals surface area contributed by atoms with Gasteiger partial charge in [-0.15, -0.1) is 0 Å². The van der Waals surface area contributed by atoms with Gasteiger partial charge in [-0.1, -0.05) is 30.4 Å². The van der Waals surface area contributed by atoms with Crippen molar-refractivity contribution in [2.45, 2.75) is 25.7 Å². The summed E-state index contributed by atoms with van der Waals surface area (Å²) >= 11 is 0. The fourth-order valence-electron chi connectivity index (χ4n) is 2.72. The van der Waals surface area contributed by atoms with Crippen molar-refractivity contribution < 1.29 is 4.79 Å². The maximum absolute atomic E-state index is 12.0. The van der Waals surface area contributed by atoms with E-state index in [4.69, 9.17) is 0 Å². The van der Waals surface area contributed by atoms with Gasteiger partial charge in [-0.05, 0) is 43.4 Å². The van der Waals surface area contributed by atoms with Crippen molar-refractivity contribution in [1.29, 1.82) is 0 Å². The van der Waals surface area contributed by atoms with E-state index in [1.807, 2.05) is 47.4 Å². The van der Waals surface area contributed by atoms with Crippen molar-refractivity contribution in [3.05, 3.63) is 60.4 Å². The first-order chi connectivity index (χ1) is 10.8. The maximum Gasteiger partial charge on any atom is 0.223 e. The molecule has 0 fully saturated rings. The van der Waals surface area contributed by atoms with Gasteiger partial charge in [0, 0.05) is 18.7 Å². The van der Waals surface area contributed by atoms with Crippen LogP contribution < -0.4 is 5.32 Å². The molecule has 1 aliphatic rings. The van der Waals surface area contributed by atoms with Crippen LogP contribution in [0, 0.1) is 5.92 Å². The van der Waals surface area contributed by atoms with E-state index in [0.717, 1.165) is 36.9 Å². The van der Waals surface area contributed by atoms with Crippen LogP contribution in [0.3, 0.4) is 0 Å². The van der Waals surface area contributed by atoms with Crippen LogP contribution in [-0.4, -0.2) is 22.2 Å². The molecule has 4 nitrogen and oxygen atoms in total. The van der Waals surface area contributed by atoms with Crippen LogP contribution >= 0.6 is 0 Å². The monoisotopic (exact) mass is 295 g/mol. The first-order valence-electron chi connectivity index (χ1n) is 7.84. The Balaban J connectivity index is 1.49. The molecule has 114 valence electrons.